The maximum absolute atomic E-state index is 5.46. The second-order valence-corrected chi connectivity index (χ2v) is 6.68. The monoisotopic (exact) mass is 324 g/mol. The molecule has 0 bridgehead atoms. The Kier molecular flexibility index (Phi) is 5.29. The third-order valence-corrected chi connectivity index (χ3v) is 4.64. The number of hydrogen-bond donors (Lipinski definition) is 2. The molecule has 2 aromatic carbocycles. The van der Waals surface area contributed by atoms with Gasteiger partial charge in [0.05, 0.1) is 0 Å². The molecule has 120 valence electrons. The second-order valence-electron chi connectivity index (χ2n) is 6.27. The normalized spacial score (nSPS) is 13.6. The molecule has 0 fully saturated rings. The van der Waals surface area contributed by atoms with E-state index >= 15 is 0 Å². The van der Waals surface area contributed by atoms with Crippen LogP contribution in [0.4, 0.5) is 5.69 Å². The van der Waals surface area contributed by atoms with Crippen LogP contribution < -0.4 is 10.6 Å². The second kappa shape index (κ2) is 7.60. The summed E-state index contributed by atoms with van der Waals surface area (Å²) in [5, 5.41) is 7.45. The number of aryl methyl sites for hydroxylation is 1. The maximum Gasteiger partial charge on any atom is 0.171 e. The SMILES string of the molecule is CCCCc1ccc(NC(=S)NC2Cc3ccccc3C2)cc1. The molecule has 0 heterocycles. The Morgan fingerprint density at radius 3 is 2.30 bits per heavy atom. The Hall–Kier alpha value is -1.87. The van der Waals surface area contributed by atoms with Crippen molar-refractivity contribution in [2.24, 2.45) is 0 Å². The molecule has 23 heavy (non-hydrogen) atoms. The van der Waals surface area contributed by atoms with Gasteiger partial charge in [-0.2, -0.15) is 0 Å². The van der Waals surface area contributed by atoms with E-state index in [4.69, 9.17) is 12.2 Å². The van der Waals surface area contributed by atoms with Gasteiger partial charge in [-0.25, -0.2) is 0 Å². The molecule has 0 amide bonds. The molecule has 2 nitrogen and oxygen atoms in total. The summed E-state index contributed by atoms with van der Waals surface area (Å²) in [5.41, 5.74) is 5.32. The molecule has 0 aromatic heterocycles. The van der Waals surface area contributed by atoms with Crippen LogP contribution in [0.5, 0.6) is 0 Å². The van der Waals surface area contributed by atoms with Crippen molar-refractivity contribution in [1.82, 2.24) is 5.32 Å². The largest absolute Gasteiger partial charge is 0.359 e. The van der Waals surface area contributed by atoms with Crippen LogP contribution in [0.1, 0.15) is 36.5 Å². The van der Waals surface area contributed by atoms with Gasteiger partial charge in [0.1, 0.15) is 0 Å². The van der Waals surface area contributed by atoms with Crippen LogP contribution >= 0.6 is 12.2 Å². The number of benzene rings is 2. The Balaban J connectivity index is 1.50. The summed E-state index contributed by atoms with van der Waals surface area (Å²) in [6.07, 6.45) is 5.73. The van der Waals surface area contributed by atoms with Crippen molar-refractivity contribution in [2.75, 3.05) is 5.32 Å². The fourth-order valence-electron chi connectivity index (χ4n) is 3.15. The minimum absolute atomic E-state index is 0.399. The summed E-state index contributed by atoms with van der Waals surface area (Å²) >= 11 is 5.46. The molecule has 1 aliphatic carbocycles. The molecule has 0 aliphatic heterocycles. The molecule has 3 rings (SSSR count). The topological polar surface area (TPSA) is 24.1 Å². The summed E-state index contributed by atoms with van der Waals surface area (Å²) < 4.78 is 0. The zero-order chi connectivity index (χ0) is 16.1. The molecular formula is C20H24N2S. The number of anilines is 1. The lowest BCUT2D eigenvalue weighted by Gasteiger charge is -2.16. The lowest BCUT2D eigenvalue weighted by Crippen LogP contribution is -2.38. The van der Waals surface area contributed by atoms with Gasteiger partial charge in [0.2, 0.25) is 0 Å². The number of unbranched alkanes of at least 4 members (excludes halogenated alkanes) is 1. The van der Waals surface area contributed by atoms with E-state index in [0.717, 1.165) is 24.9 Å². The van der Waals surface area contributed by atoms with E-state index in [-0.39, 0.29) is 0 Å². The summed E-state index contributed by atoms with van der Waals surface area (Å²) in [5.74, 6) is 0. The molecule has 2 aromatic rings. The first-order chi connectivity index (χ1) is 11.2. The van der Waals surface area contributed by atoms with Gasteiger partial charge in [0, 0.05) is 11.7 Å². The van der Waals surface area contributed by atoms with E-state index in [1.165, 1.54) is 29.5 Å². The van der Waals surface area contributed by atoms with Gasteiger partial charge in [0.15, 0.2) is 5.11 Å². The Bertz CT molecular complexity index is 639. The van der Waals surface area contributed by atoms with Gasteiger partial charge >= 0.3 is 0 Å². The van der Waals surface area contributed by atoms with Crippen molar-refractivity contribution in [3.63, 3.8) is 0 Å². The van der Waals surface area contributed by atoms with Crippen LogP contribution in [0.25, 0.3) is 0 Å². The molecular weight excluding hydrogens is 300 g/mol. The molecule has 1 aliphatic rings. The maximum atomic E-state index is 5.46. The number of rotatable bonds is 5. The average molecular weight is 324 g/mol. The van der Waals surface area contributed by atoms with Crippen molar-refractivity contribution >= 4 is 23.0 Å². The first kappa shape index (κ1) is 16.0. The van der Waals surface area contributed by atoms with Crippen molar-refractivity contribution in [3.05, 3.63) is 65.2 Å². The fraction of sp³-hybridized carbons (Fsp3) is 0.350. The average Bonchev–Trinajstić information content (AvgIpc) is 2.96. The predicted molar refractivity (Wildman–Crippen MR) is 102 cm³/mol. The summed E-state index contributed by atoms with van der Waals surface area (Å²) in [6.45, 7) is 2.22. The predicted octanol–water partition coefficient (Wildman–Crippen LogP) is 4.48. The lowest BCUT2D eigenvalue weighted by atomic mass is 10.1. The zero-order valence-corrected chi connectivity index (χ0v) is 14.5. The van der Waals surface area contributed by atoms with Crippen LogP contribution in [0.3, 0.4) is 0 Å². The van der Waals surface area contributed by atoms with Crippen molar-refractivity contribution in [3.8, 4) is 0 Å². The standard InChI is InChI=1S/C20H24N2S/c1-2-3-6-15-9-11-18(12-10-15)21-20(23)22-19-13-16-7-4-5-8-17(16)14-19/h4-5,7-12,19H,2-3,6,13-14H2,1H3,(H2,21,22,23). The smallest absolute Gasteiger partial charge is 0.171 e. The highest BCUT2D eigenvalue weighted by Gasteiger charge is 2.21. The van der Waals surface area contributed by atoms with Crippen molar-refractivity contribution in [1.29, 1.82) is 0 Å². The van der Waals surface area contributed by atoms with Gasteiger partial charge in [-0.3, -0.25) is 0 Å². The Morgan fingerprint density at radius 2 is 1.70 bits per heavy atom. The van der Waals surface area contributed by atoms with E-state index in [2.05, 4.69) is 66.1 Å². The summed E-state index contributed by atoms with van der Waals surface area (Å²) in [7, 11) is 0. The van der Waals surface area contributed by atoms with Crippen LogP contribution in [0.2, 0.25) is 0 Å². The first-order valence-electron chi connectivity index (χ1n) is 8.48. The molecule has 0 unspecified atom stereocenters. The van der Waals surface area contributed by atoms with Crippen LogP contribution in [-0.2, 0) is 19.3 Å². The molecule has 0 saturated heterocycles. The fourth-order valence-corrected chi connectivity index (χ4v) is 3.43. The van der Waals surface area contributed by atoms with Crippen molar-refractivity contribution < 1.29 is 0 Å². The van der Waals surface area contributed by atoms with Gasteiger partial charge in [-0.05, 0) is 66.7 Å². The Labute approximate surface area is 144 Å². The van der Waals surface area contributed by atoms with Gasteiger partial charge in [-0.15, -0.1) is 0 Å². The van der Waals surface area contributed by atoms with E-state index in [1.807, 2.05) is 0 Å². The molecule has 0 spiro atoms. The third kappa shape index (κ3) is 4.32. The van der Waals surface area contributed by atoms with Crippen molar-refractivity contribution in [2.45, 2.75) is 45.1 Å². The van der Waals surface area contributed by atoms with Crippen LogP contribution in [-0.4, -0.2) is 11.2 Å². The number of fused-ring (bicyclic) bond motifs is 1. The molecule has 3 heteroatoms. The Morgan fingerprint density at radius 1 is 1.04 bits per heavy atom. The highest BCUT2D eigenvalue weighted by molar-refractivity contribution is 7.80. The highest BCUT2D eigenvalue weighted by atomic mass is 32.1. The van der Waals surface area contributed by atoms with E-state index in [9.17, 15) is 0 Å². The quantitative estimate of drug-likeness (QED) is 0.793. The zero-order valence-electron chi connectivity index (χ0n) is 13.6. The third-order valence-electron chi connectivity index (χ3n) is 4.42. The van der Waals surface area contributed by atoms with E-state index in [1.54, 1.807) is 0 Å². The van der Waals surface area contributed by atoms with Gasteiger partial charge < -0.3 is 10.6 Å². The van der Waals surface area contributed by atoms with Crippen LogP contribution in [0.15, 0.2) is 48.5 Å². The van der Waals surface area contributed by atoms with Crippen LogP contribution in [0, 0.1) is 0 Å². The summed E-state index contributed by atoms with van der Waals surface area (Å²) in [4.78, 5) is 0. The molecule has 2 N–H and O–H groups in total. The van der Waals surface area contributed by atoms with E-state index < -0.39 is 0 Å². The van der Waals surface area contributed by atoms with E-state index in [0.29, 0.717) is 11.2 Å². The number of thiocarbonyl (C=S) groups is 1. The molecule has 0 radical (unpaired) electrons. The highest BCUT2D eigenvalue weighted by Crippen LogP contribution is 2.21. The first-order valence-corrected chi connectivity index (χ1v) is 8.88. The molecule has 0 atom stereocenters. The minimum Gasteiger partial charge on any atom is -0.359 e. The summed E-state index contributed by atoms with van der Waals surface area (Å²) in [6, 6.07) is 17.6. The van der Waals surface area contributed by atoms with Gasteiger partial charge in [0.25, 0.3) is 0 Å². The molecule has 0 saturated carbocycles. The lowest BCUT2D eigenvalue weighted by molar-refractivity contribution is 0.648. The van der Waals surface area contributed by atoms with Gasteiger partial charge in [-0.1, -0.05) is 49.7 Å². The minimum atomic E-state index is 0.399. The number of nitrogens with one attached hydrogen (secondary N) is 2. The number of hydrogen-bond acceptors (Lipinski definition) is 1.